The van der Waals surface area contributed by atoms with Gasteiger partial charge in [-0.25, -0.2) is 0 Å². The van der Waals surface area contributed by atoms with Crippen LogP contribution < -0.4 is 14.8 Å². The Morgan fingerprint density at radius 3 is 2.70 bits per heavy atom. The number of carbonyl (C=O) groups excluding carboxylic acids is 1. The molecule has 0 radical (unpaired) electrons. The molecule has 0 amide bonds. The molecule has 2 aromatic carbocycles. The van der Waals surface area contributed by atoms with Gasteiger partial charge in [0.05, 0.1) is 4.53 Å². The smallest absolute Gasteiger partial charge is 0.308 e. The van der Waals surface area contributed by atoms with Gasteiger partial charge in [-0.3, -0.25) is 9.59 Å². The number of hydrogen-bond donors (Lipinski definition) is 0. The molecule has 4 aromatic rings. The standard InChI is InChI=1S/C19H12BrN3O3S/c1-11(24)26-15-8-7-14(20)9-13(15)10-16-18(25)23-19(27-16)21-17(22-23)12-5-3-2-4-6-12/h2-10H,1H3/b16-10-. The number of aromatic nitrogens is 3. The first kappa shape index (κ1) is 17.6. The van der Waals surface area contributed by atoms with E-state index in [9.17, 15) is 9.59 Å². The molecular formula is C19H12BrN3O3S. The van der Waals surface area contributed by atoms with Crippen LogP contribution in [0.1, 0.15) is 12.5 Å². The molecule has 0 aliphatic rings. The van der Waals surface area contributed by atoms with Gasteiger partial charge in [-0.2, -0.15) is 9.50 Å². The van der Waals surface area contributed by atoms with Gasteiger partial charge in [-0.1, -0.05) is 57.6 Å². The van der Waals surface area contributed by atoms with Crippen molar-refractivity contribution in [3.8, 4) is 17.1 Å². The largest absolute Gasteiger partial charge is 0.426 e. The molecule has 2 heterocycles. The lowest BCUT2D eigenvalue weighted by Gasteiger charge is -2.05. The maximum atomic E-state index is 12.7. The van der Waals surface area contributed by atoms with Crippen LogP contribution in [0.25, 0.3) is 22.4 Å². The van der Waals surface area contributed by atoms with Crippen molar-refractivity contribution < 1.29 is 9.53 Å². The lowest BCUT2D eigenvalue weighted by Crippen LogP contribution is -2.23. The molecule has 0 spiro atoms. The molecule has 0 unspecified atom stereocenters. The van der Waals surface area contributed by atoms with Gasteiger partial charge in [0.2, 0.25) is 4.96 Å². The van der Waals surface area contributed by atoms with Crippen LogP contribution in [0.3, 0.4) is 0 Å². The van der Waals surface area contributed by atoms with Crippen molar-refractivity contribution in [2.75, 3.05) is 0 Å². The minimum Gasteiger partial charge on any atom is -0.426 e. The summed E-state index contributed by atoms with van der Waals surface area (Å²) in [6, 6.07) is 14.7. The van der Waals surface area contributed by atoms with Gasteiger partial charge in [-0.05, 0) is 24.3 Å². The fourth-order valence-corrected chi connectivity index (χ4v) is 3.84. The SMILES string of the molecule is CC(=O)Oc1ccc(Br)cc1/C=c1\sc2nc(-c3ccccc3)nn2c1=O. The molecule has 4 rings (SSSR count). The van der Waals surface area contributed by atoms with Gasteiger partial charge < -0.3 is 4.74 Å². The van der Waals surface area contributed by atoms with Crippen LogP contribution in [0.4, 0.5) is 0 Å². The van der Waals surface area contributed by atoms with Crippen LogP contribution in [-0.2, 0) is 4.79 Å². The van der Waals surface area contributed by atoms with Crippen molar-refractivity contribution in [1.82, 2.24) is 14.6 Å². The van der Waals surface area contributed by atoms with E-state index in [4.69, 9.17) is 4.74 Å². The summed E-state index contributed by atoms with van der Waals surface area (Å²) >= 11 is 4.63. The maximum Gasteiger partial charge on any atom is 0.308 e. The number of rotatable bonds is 3. The fraction of sp³-hybridized carbons (Fsp3) is 0.0526. The highest BCUT2D eigenvalue weighted by molar-refractivity contribution is 9.10. The Bertz CT molecular complexity index is 1260. The van der Waals surface area contributed by atoms with Crippen molar-refractivity contribution >= 4 is 44.3 Å². The zero-order valence-electron chi connectivity index (χ0n) is 14.0. The van der Waals surface area contributed by atoms with Gasteiger partial charge >= 0.3 is 5.97 Å². The topological polar surface area (TPSA) is 73.6 Å². The molecule has 0 aliphatic carbocycles. The number of ether oxygens (including phenoxy) is 1. The minimum atomic E-state index is -0.426. The van der Waals surface area contributed by atoms with E-state index < -0.39 is 5.97 Å². The second-order valence-electron chi connectivity index (χ2n) is 5.69. The van der Waals surface area contributed by atoms with E-state index in [1.54, 1.807) is 24.3 Å². The Morgan fingerprint density at radius 2 is 2.00 bits per heavy atom. The number of esters is 1. The van der Waals surface area contributed by atoms with E-state index in [2.05, 4.69) is 26.0 Å². The average molecular weight is 442 g/mol. The van der Waals surface area contributed by atoms with E-state index in [1.165, 1.54) is 22.8 Å². The van der Waals surface area contributed by atoms with E-state index in [-0.39, 0.29) is 5.56 Å². The van der Waals surface area contributed by atoms with Crippen LogP contribution >= 0.6 is 27.3 Å². The maximum absolute atomic E-state index is 12.7. The third kappa shape index (κ3) is 3.54. The monoisotopic (exact) mass is 441 g/mol. The minimum absolute atomic E-state index is 0.265. The van der Waals surface area contributed by atoms with Crippen LogP contribution in [-0.4, -0.2) is 20.6 Å². The van der Waals surface area contributed by atoms with E-state index in [0.29, 0.717) is 26.6 Å². The molecule has 134 valence electrons. The van der Waals surface area contributed by atoms with E-state index in [0.717, 1.165) is 10.0 Å². The van der Waals surface area contributed by atoms with Gasteiger partial charge in [0.25, 0.3) is 5.56 Å². The quantitative estimate of drug-likeness (QED) is 0.360. The lowest BCUT2D eigenvalue weighted by atomic mass is 10.2. The summed E-state index contributed by atoms with van der Waals surface area (Å²) in [5.41, 5.74) is 1.20. The van der Waals surface area contributed by atoms with E-state index >= 15 is 0 Å². The van der Waals surface area contributed by atoms with Crippen LogP contribution in [0, 0.1) is 0 Å². The molecule has 0 saturated carbocycles. The molecular weight excluding hydrogens is 430 g/mol. The first-order valence-corrected chi connectivity index (χ1v) is 9.57. The van der Waals surface area contributed by atoms with Crippen molar-refractivity contribution in [2.45, 2.75) is 6.92 Å². The zero-order valence-corrected chi connectivity index (χ0v) is 16.5. The number of benzene rings is 2. The fourth-order valence-electron chi connectivity index (χ4n) is 2.56. The number of nitrogens with zero attached hydrogens (tertiary/aromatic N) is 3. The van der Waals surface area contributed by atoms with E-state index in [1.807, 2.05) is 30.3 Å². The first-order valence-electron chi connectivity index (χ1n) is 7.96. The predicted octanol–water partition coefficient (Wildman–Crippen LogP) is 3.05. The molecule has 0 atom stereocenters. The van der Waals surface area contributed by atoms with Gasteiger partial charge in [0.15, 0.2) is 5.82 Å². The average Bonchev–Trinajstić information content (AvgIpc) is 3.18. The molecule has 2 aromatic heterocycles. The summed E-state index contributed by atoms with van der Waals surface area (Å²) in [4.78, 5) is 29.0. The van der Waals surface area contributed by atoms with Crippen LogP contribution in [0.15, 0.2) is 57.8 Å². The molecule has 0 fully saturated rings. The molecule has 0 N–H and O–H groups in total. The van der Waals surface area contributed by atoms with Crippen molar-refractivity contribution in [3.05, 3.63) is 73.5 Å². The second-order valence-corrected chi connectivity index (χ2v) is 7.61. The van der Waals surface area contributed by atoms with Gasteiger partial charge in [0, 0.05) is 22.5 Å². The Kier molecular flexibility index (Phi) is 4.59. The predicted molar refractivity (Wildman–Crippen MR) is 107 cm³/mol. The molecule has 0 bridgehead atoms. The van der Waals surface area contributed by atoms with Gasteiger partial charge in [-0.15, -0.1) is 5.10 Å². The molecule has 0 saturated heterocycles. The summed E-state index contributed by atoms with van der Waals surface area (Å²) in [7, 11) is 0. The van der Waals surface area contributed by atoms with Crippen LogP contribution in [0.2, 0.25) is 0 Å². The highest BCUT2D eigenvalue weighted by Gasteiger charge is 2.13. The van der Waals surface area contributed by atoms with Gasteiger partial charge in [0.1, 0.15) is 5.75 Å². The second kappa shape index (κ2) is 7.05. The van der Waals surface area contributed by atoms with Crippen LogP contribution in [0.5, 0.6) is 5.75 Å². The zero-order chi connectivity index (χ0) is 19.0. The van der Waals surface area contributed by atoms with Crippen molar-refractivity contribution in [1.29, 1.82) is 0 Å². The first-order chi connectivity index (χ1) is 13.0. The van der Waals surface area contributed by atoms with Crippen molar-refractivity contribution in [3.63, 3.8) is 0 Å². The molecule has 6 nitrogen and oxygen atoms in total. The Labute approximate surface area is 165 Å². The Morgan fingerprint density at radius 1 is 1.22 bits per heavy atom. The number of fused-ring (bicyclic) bond motifs is 1. The number of halogens is 1. The highest BCUT2D eigenvalue weighted by Crippen LogP contribution is 2.24. The summed E-state index contributed by atoms with van der Waals surface area (Å²) < 4.78 is 7.78. The lowest BCUT2D eigenvalue weighted by molar-refractivity contribution is -0.131. The third-order valence-electron chi connectivity index (χ3n) is 3.73. The Hall–Kier alpha value is -2.84. The summed E-state index contributed by atoms with van der Waals surface area (Å²) in [5.74, 6) is 0.465. The number of thiazole rings is 1. The molecule has 8 heteroatoms. The summed E-state index contributed by atoms with van der Waals surface area (Å²) in [6.45, 7) is 1.33. The molecule has 0 aliphatic heterocycles. The number of carbonyl (C=O) groups is 1. The highest BCUT2D eigenvalue weighted by atomic mass is 79.9. The summed E-state index contributed by atoms with van der Waals surface area (Å²) in [6.07, 6.45) is 1.68. The Balaban J connectivity index is 1.82. The van der Waals surface area contributed by atoms with Crippen molar-refractivity contribution in [2.24, 2.45) is 0 Å². The molecule has 27 heavy (non-hydrogen) atoms. The third-order valence-corrected chi connectivity index (χ3v) is 5.18. The summed E-state index contributed by atoms with van der Waals surface area (Å²) in [5, 5.41) is 4.32. The number of hydrogen-bond acceptors (Lipinski definition) is 6. The normalized spacial score (nSPS) is 11.9.